The number of halogens is 2. The first-order valence-corrected chi connectivity index (χ1v) is 8.51. The first-order valence-electron chi connectivity index (χ1n) is 7.03. The summed E-state index contributed by atoms with van der Waals surface area (Å²) in [5, 5.41) is 1.78. The number of aromatic nitrogens is 2. The molecule has 0 spiro atoms. The fourth-order valence-electron chi connectivity index (χ4n) is 1.83. The first kappa shape index (κ1) is 19.2. The van der Waals surface area contributed by atoms with Gasteiger partial charge < -0.3 is 4.74 Å². The molecule has 2 N–H and O–H groups in total. The van der Waals surface area contributed by atoms with E-state index in [0.717, 1.165) is 6.07 Å². The highest BCUT2D eigenvalue weighted by Crippen LogP contribution is 2.16. The zero-order chi connectivity index (χ0) is 19.3. The number of ether oxygens (including phenoxy) is 1. The molecule has 12 heteroatoms. The predicted octanol–water partition coefficient (Wildman–Crippen LogP) is 1.44. The number of nitrogens with one attached hydrogen (secondary N) is 2. The Balaban J connectivity index is 2.23. The Kier molecular flexibility index (Phi) is 5.77. The van der Waals surface area contributed by atoms with Gasteiger partial charge in [-0.05, 0) is 19.1 Å². The van der Waals surface area contributed by atoms with Crippen molar-refractivity contribution in [3.05, 3.63) is 47.8 Å². The van der Waals surface area contributed by atoms with E-state index >= 15 is 0 Å². The van der Waals surface area contributed by atoms with Crippen LogP contribution in [0, 0.1) is 11.9 Å². The molecule has 0 aliphatic rings. The van der Waals surface area contributed by atoms with Crippen molar-refractivity contribution in [3.8, 4) is 0 Å². The van der Waals surface area contributed by atoms with Gasteiger partial charge in [0.2, 0.25) is 17.8 Å². The highest BCUT2D eigenvalue weighted by atomic mass is 32.2. The molecule has 0 saturated heterocycles. The molecule has 0 bridgehead atoms. The Bertz CT molecular complexity index is 932. The van der Waals surface area contributed by atoms with Crippen LogP contribution in [0.15, 0.2) is 35.2 Å². The van der Waals surface area contributed by atoms with Gasteiger partial charge in [-0.2, -0.15) is 18.7 Å². The van der Waals surface area contributed by atoms with E-state index in [-0.39, 0.29) is 12.2 Å². The number of carbonyl (C=O) groups excluding carboxylic acids is 2. The van der Waals surface area contributed by atoms with Gasteiger partial charge in [0, 0.05) is 6.07 Å². The monoisotopic (exact) mass is 386 g/mol. The molecule has 0 saturated carbocycles. The summed E-state index contributed by atoms with van der Waals surface area (Å²) in [6.45, 7) is 1.56. The summed E-state index contributed by atoms with van der Waals surface area (Å²) in [4.78, 5) is 29.3. The third-order valence-corrected chi connectivity index (χ3v) is 4.18. The topological polar surface area (TPSA) is 127 Å². The maximum absolute atomic E-state index is 13.0. The summed E-state index contributed by atoms with van der Waals surface area (Å²) in [7, 11) is -4.50. The lowest BCUT2D eigenvalue weighted by atomic mass is 10.2. The molecule has 0 aliphatic heterocycles. The quantitative estimate of drug-likeness (QED) is 0.588. The molecule has 2 rings (SSSR count). The average Bonchev–Trinajstić information content (AvgIpc) is 2.53. The van der Waals surface area contributed by atoms with Crippen molar-refractivity contribution in [3.63, 3.8) is 0 Å². The van der Waals surface area contributed by atoms with Gasteiger partial charge in [-0.25, -0.2) is 22.7 Å². The molecule has 0 atom stereocenters. The lowest BCUT2D eigenvalue weighted by Gasteiger charge is -2.11. The summed E-state index contributed by atoms with van der Waals surface area (Å²) in [5.74, 6) is -4.20. The van der Waals surface area contributed by atoms with Crippen LogP contribution in [0.1, 0.15) is 17.3 Å². The Morgan fingerprint density at radius 2 is 1.77 bits per heavy atom. The molecule has 2 aromatic rings. The molecule has 1 aromatic heterocycles. The number of amides is 2. The third-order valence-electron chi connectivity index (χ3n) is 2.79. The lowest BCUT2D eigenvalue weighted by molar-refractivity contribution is 0.0521. The van der Waals surface area contributed by atoms with E-state index in [1.54, 1.807) is 17.0 Å². The van der Waals surface area contributed by atoms with E-state index in [2.05, 4.69) is 9.97 Å². The highest BCUT2D eigenvalue weighted by molar-refractivity contribution is 7.90. The number of rotatable bonds is 5. The number of carbonyl (C=O) groups is 2. The Hall–Kier alpha value is -3.15. The van der Waals surface area contributed by atoms with Crippen molar-refractivity contribution in [2.45, 2.75) is 11.8 Å². The van der Waals surface area contributed by atoms with E-state index in [4.69, 9.17) is 4.74 Å². The van der Waals surface area contributed by atoms with Crippen molar-refractivity contribution < 1.29 is 31.5 Å². The van der Waals surface area contributed by atoms with Gasteiger partial charge in [-0.3, -0.25) is 5.32 Å². The normalized spacial score (nSPS) is 10.9. The fraction of sp³-hybridized carbons (Fsp3) is 0.143. The molecule has 1 aromatic carbocycles. The minimum absolute atomic E-state index is 0.0175. The largest absolute Gasteiger partial charge is 0.462 e. The molecule has 0 radical (unpaired) electrons. The molecule has 138 valence electrons. The van der Waals surface area contributed by atoms with E-state index in [1.165, 1.54) is 18.2 Å². The van der Waals surface area contributed by atoms with Gasteiger partial charge in [0.15, 0.2) is 0 Å². The standard InChI is InChI=1S/C14H12F2N4O5S/c1-2-25-12(21)8-5-3-4-6-9(8)26(23,24)20-14(22)19-13-17-10(15)7-11(16)18-13/h3-7H,2H2,1H3,(H2,17,18,19,20,22). The summed E-state index contributed by atoms with van der Waals surface area (Å²) < 4.78 is 56.9. The lowest BCUT2D eigenvalue weighted by Crippen LogP contribution is -2.35. The molecule has 0 aliphatic carbocycles. The number of hydrogen-bond acceptors (Lipinski definition) is 7. The number of anilines is 1. The molecular weight excluding hydrogens is 374 g/mol. The van der Waals surface area contributed by atoms with Gasteiger partial charge in [0.05, 0.1) is 12.2 Å². The van der Waals surface area contributed by atoms with Gasteiger partial charge >= 0.3 is 12.0 Å². The molecule has 0 fully saturated rings. The van der Waals surface area contributed by atoms with Crippen LogP contribution in [-0.4, -0.2) is 37.0 Å². The Labute approximate surface area is 146 Å². The van der Waals surface area contributed by atoms with E-state index in [0.29, 0.717) is 6.07 Å². The SMILES string of the molecule is CCOC(=O)c1ccccc1S(=O)(=O)NC(=O)Nc1nc(F)cc(F)n1. The summed E-state index contributed by atoms with van der Waals surface area (Å²) in [6.07, 6.45) is 0. The number of sulfonamides is 1. The fourth-order valence-corrected chi connectivity index (χ4v) is 2.93. The van der Waals surface area contributed by atoms with Crippen molar-refractivity contribution >= 4 is 28.0 Å². The van der Waals surface area contributed by atoms with Gasteiger partial charge in [0.25, 0.3) is 10.0 Å². The second kappa shape index (κ2) is 7.82. The summed E-state index contributed by atoms with van der Waals surface area (Å²) in [5.41, 5.74) is -0.289. The van der Waals surface area contributed by atoms with E-state index in [1.807, 2.05) is 0 Å². The maximum atomic E-state index is 13.0. The van der Waals surface area contributed by atoms with Gasteiger partial charge in [-0.1, -0.05) is 12.1 Å². The van der Waals surface area contributed by atoms with Gasteiger partial charge in [-0.15, -0.1) is 0 Å². The Morgan fingerprint density at radius 3 is 2.38 bits per heavy atom. The number of nitrogens with zero attached hydrogens (tertiary/aromatic N) is 2. The molecular formula is C14H12F2N4O5S. The van der Waals surface area contributed by atoms with E-state index < -0.39 is 44.8 Å². The molecule has 1 heterocycles. The minimum Gasteiger partial charge on any atom is -0.462 e. The van der Waals surface area contributed by atoms with Crippen LogP contribution >= 0.6 is 0 Å². The van der Waals surface area contributed by atoms with Crippen molar-refractivity contribution in [1.29, 1.82) is 0 Å². The highest BCUT2D eigenvalue weighted by Gasteiger charge is 2.25. The van der Waals surface area contributed by atoms with E-state index in [9.17, 15) is 26.8 Å². The maximum Gasteiger partial charge on any atom is 0.339 e. The van der Waals surface area contributed by atoms with Crippen LogP contribution in [-0.2, 0) is 14.8 Å². The minimum atomic E-state index is -4.50. The van der Waals surface area contributed by atoms with Crippen molar-refractivity contribution in [2.24, 2.45) is 0 Å². The van der Waals surface area contributed by atoms with Crippen LogP contribution < -0.4 is 10.0 Å². The third kappa shape index (κ3) is 4.69. The first-order chi connectivity index (χ1) is 12.2. The smallest absolute Gasteiger partial charge is 0.339 e. The second-order valence-corrected chi connectivity index (χ2v) is 6.26. The number of benzene rings is 1. The molecule has 2 amide bonds. The van der Waals surface area contributed by atoms with Crippen LogP contribution in [0.2, 0.25) is 0 Å². The Morgan fingerprint density at radius 1 is 1.15 bits per heavy atom. The average molecular weight is 386 g/mol. The summed E-state index contributed by atoms with van der Waals surface area (Å²) >= 11 is 0. The number of urea groups is 1. The zero-order valence-electron chi connectivity index (χ0n) is 13.2. The van der Waals surface area contributed by atoms with Gasteiger partial charge in [0.1, 0.15) is 4.90 Å². The van der Waals surface area contributed by atoms with Crippen LogP contribution in [0.3, 0.4) is 0 Å². The van der Waals surface area contributed by atoms with Crippen LogP contribution in [0.4, 0.5) is 19.5 Å². The zero-order valence-corrected chi connectivity index (χ0v) is 14.0. The van der Waals surface area contributed by atoms with Crippen molar-refractivity contribution in [2.75, 3.05) is 11.9 Å². The van der Waals surface area contributed by atoms with Crippen LogP contribution in [0.25, 0.3) is 0 Å². The van der Waals surface area contributed by atoms with Crippen molar-refractivity contribution in [1.82, 2.24) is 14.7 Å². The van der Waals surface area contributed by atoms with Crippen LogP contribution in [0.5, 0.6) is 0 Å². The number of esters is 1. The predicted molar refractivity (Wildman–Crippen MR) is 83.7 cm³/mol. The molecule has 0 unspecified atom stereocenters. The summed E-state index contributed by atoms with van der Waals surface area (Å²) in [6, 6.07) is 4.02. The number of hydrogen-bond donors (Lipinski definition) is 2. The molecule has 9 nitrogen and oxygen atoms in total. The molecule has 26 heavy (non-hydrogen) atoms. The second-order valence-electron chi connectivity index (χ2n) is 4.61.